The molecule has 1 saturated carbocycles. The minimum absolute atomic E-state index is 0.744. The summed E-state index contributed by atoms with van der Waals surface area (Å²) in [4.78, 5) is 4.44. The molecule has 0 radical (unpaired) electrons. The van der Waals surface area contributed by atoms with Crippen molar-refractivity contribution in [2.45, 2.75) is 20.3 Å². The molecule has 1 N–H and O–H groups in total. The van der Waals surface area contributed by atoms with Gasteiger partial charge in [-0.3, -0.25) is 0 Å². The Labute approximate surface area is 94.7 Å². The molecule has 84 valence electrons. The summed E-state index contributed by atoms with van der Waals surface area (Å²) in [6, 6.07) is 6.02. The first-order valence-electron chi connectivity index (χ1n) is 5.80. The van der Waals surface area contributed by atoms with Crippen LogP contribution in [-0.2, 0) is 0 Å². The molecule has 16 heavy (non-hydrogen) atoms. The fourth-order valence-corrected chi connectivity index (χ4v) is 2.02. The number of rotatable bonds is 3. The third kappa shape index (κ3) is 1.64. The van der Waals surface area contributed by atoms with E-state index in [2.05, 4.69) is 22.3 Å². The van der Waals surface area contributed by atoms with Crippen LogP contribution in [0, 0.1) is 18.8 Å². The Bertz CT molecular complexity index is 517. The molecule has 2 unspecified atom stereocenters. The van der Waals surface area contributed by atoms with Crippen molar-refractivity contribution in [3.63, 3.8) is 0 Å². The molecule has 3 rings (SSSR count). The second-order valence-electron chi connectivity index (χ2n) is 4.73. The number of fused-ring (bicyclic) bond motifs is 1. The van der Waals surface area contributed by atoms with Crippen LogP contribution in [0.5, 0.6) is 0 Å². The number of nitrogens with zero attached hydrogens (tertiary/aromatic N) is 3. The zero-order chi connectivity index (χ0) is 11.1. The lowest BCUT2D eigenvalue weighted by atomic mass is 10.3. The molecule has 1 aliphatic rings. The van der Waals surface area contributed by atoms with Gasteiger partial charge in [0.25, 0.3) is 0 Å². The van der Waals surface area contributed by atoms with Crippen molar-refractivity contribution in [3.05, 3.63) is 23.9 Å². The number of aryl methyl sites for hydroxylation is 1. The molecule has 0 bridgehead atoms. The van der Waals surface area contributed by atoms with E-state index in [1.165, 1.54) is 6.42 Å². The van der Waals surface area contributed by atoms with Crippen molar-refractivity contribution >= 4 is 11.6 Å². The predicted octanol–water partition coefficient (Wildman–Crippen LogP) is 2.11. The molecule has 1 aliphatic carbocycles. The van der Waals surface area contributed by atoms with Crippen molar-refractivity contribution in [1.82, 2.24) is 14.6 Å². The van der Waals surface area contributed by atoms with Crippen LogP contribution in [0.1, 0.15) is 19.0 Å². The van der Waals surface area contributed by atoms with Gasteiger partial charge in [-0.05, 0) is 37.3 Å². The summed E-state index contributed by atoms with van der Waals surface area (Å²) in [5, 5.41) is 7.74. The summed E-state index contributed by atoms with van der Waals surface area (Å²) in [7, 11) is 0. The van der Waals surface area contributed by atoms with Crippen molar-refractivity contribution in [1.29, 1.82) is 0 Å². The first-order chi connectivity index (χ1) is 7.74. The largest absolute Gasteiger partial charge is 0.353 e. The third-order valence-electron chi connectivity index (χ3n) is 3.35. The highest BCUT2D eigenvalue weighted by Gasteiger charge is 2.32. The van der Waals surface area contributed by atoms with Gasteiger partial charge in [-0.15, -0.1) is 5.10 Å². The number of pyridine rings is 1. The minimum Gasteiger partial charge on any atom is -0.353 e. The normalized spacial score (nSPS) is 23.6. The lowest BCUT2D eigenvalue weighted by Crippen LogP contribution is -2.06. The summed E-state index contributed by atoms with van der Waals surface area (Å²) < 4.78 is 1.87. The number of hydrogen-bond donors (Lipinski definition) is 1. The third-order valence-corrected chi connectivity index (χ3v) is 3.35. The average Bonchev–Trinajstić information content (AvgIpc) is 2.79. The Hall–Kier alpha value is -1.58. The van der Waals surface area contributed by atoms with Gasteiger partial charge in [-0.1, -0.05) is 13.0 Å². The van der Waals surface area contributed by atoms with E-state index in [0.717, 1.165) is 35.7 Å². The second-order valence-corrected chi connectivity index (χ2v) is 4.73. The second kappa shape index (κ2) is 3.47. The van der Waals surface area contributed by atoms with Gasteiger partial charge in [0.05, 0.1) is 0 Å². The molecular formula is C12H16N4. The van der Waals surface area contributed by atoms with Crippen LogP contribution in [-0.4, -0.2) is 21.1 Å². The zero-order valence-electron chi connectivity index (χ0n) is 9.64. The molecule has 0 saturated heterocycles. The maximum absolute atomic E-state index is 4.44. The molecule has 0 amide bonds. The smallest absolute Gasteiger partial charge is 0.243 e. The summed E-state index contributed by atoms with van der Waals surface area (Å²) in [5.74, 6) is 2.42. The monoisotopic (exact) mass is 216 g/mol. The molecule has 0 spiro atoms. The predicted molar refractivity (Wildman–Crippen MR) is 63.5 cm³/mol. The number of nitrogens with one attached hydrogen (secondary N) is 1. The number of hydrogen-bond acceptors (Lipinski definition) is 3. The van der Waals surface area contributed by atoms with Crippen LogP contribution in [0.2, 0.25) is 0 Å². The van der Waals surface area contributed by atoms with Gasteiger partial charge in [0, 0.05) is 12.2 Å². The van der Waals surface area contributed by atoms with E-state index in [-0.39, 0.29) is 0 Å². The van der Waals surface area contributed by atoms with Gasteiger partial charge >= 0.3 is 0 Å². The first-order valence-corrected chi connectivity index (χ1v) is 5.80. The standard InChI is InChI=1S/C12H16N4/c1-8-6-10(8)7-13-12-14-11-5-3-4-9(2)16(11)15-12/h3-5,8,10H,6-7H2,1-2H3,(H,13,15). The Balaban J connectivity index is 1.79. The van der Waals surface area contributed by atoms with E-state index >= 15 is 0 Å². The van der Waals surface area contributed by atoms with Gasteiger partial charge in [0.1, 0.15) is 0 Å². The summed E-state index contributed by atoms with van der Waals surface area (Å²) >= 11 is 0. The average molecular weight is 216 g/mol. The van der Waals surface area contributed by atoms with Gasteiger partial charge in [-0.2, -0.15) is 4.98 Å². The highest BCUT2D eigenvalue weighted by molar-refractivity contribution is 5.44. The Morgan fingerprint density at radius 1 is 1.50 bits per heavy atom. The SMILES string of the molecule is Cc1cccc2nc(NCC3CC3C)nn12. The summed E-state index contributed by atoms with van der Waals surface area (Å²) in [5.41, 5.74) is 2.02. The van der Waals surface area contributed by atoms with Crippen molar-refractivity contribution in [3.8, 4) is 0 Å². The van der Waals surface area contributed by atoms with Crippen molar-refractivity contribution in [2.24, 2.45) is 11.8 Å². The number of aromatic nitrogens is 3. The molecule has 1 fully saturated rings. The van der Waals surface area contributed by atoms with Crippen LogP contribution in [0.25, 0.3) is 5.65 Å². The van der Waals surface area contributed by atoms with E-state index in [9.17, 15) is 0 Å². The Kier molecular flexibility index (Phi) is 2.09. The maximum atomic E-state index is 4.44. The van der Waals surface area contributed by atoms with Gasteiger partial charge < -0.3 is 5.32 Å². The van der Waals surface area contributed by atoms with Crippen LogP contribution < -0.4 is 5.32 Å². The molecule has 0 aromatic carbocycles. The molecule has 2 heterocycles. The fourth-order valence-electron chi connectivity index (χ4n) is 2.02. The van der Waals surface area contributed by atoms with E-state index < -0.39 is 0 Å². The van der Waals surface area contributed by atoms with E-state index in [1.807, 2.05) is 29.6 Å². The molecule has 2 aromatic rings. The lowest BCUT2D eigenvalue weighted by Gasteiger charge is -1.98. The molecule has 0 aliphatic heterocycles. The molecule has 2 aromatic heterocycles. The van der Waals surface area contributed by atoms with Gasteiger partial charge in [0.15, 0.2) is 5.65 Å². The van der Waals surface area contributed by atoms with E-state index in [1.54, 1.807) is 0 Å². The highest BCUT2D eigenvalue weighted by atomic mass is 15.3. The topological polar surface area (TPSA) is 42.2 Å². The van der Waals surface area contributed by atoms with E-state index in [0.29, 0.717) is 0 Å². The number of anilines is 1. The van der Waals surface area contributed by atoms with E-state index in [4.69, 9.17) is 0 Å². The molecule has 4 heteroatoms. The molecule has 4 nitrogen and oxygen atoms in total. The van der Waals surface area contributed by atoms with Gasteiger partial charge in [0.2, 0.25) is 5.95 Å². The Morgan fingerprint density at radius 2 is 2.31 bits per heavy atom. The van der Waals surface area contributed by atoms with Crippen LogP contribution in [0.3, 0.4) is 0 Å². The quantitative estimate of drug-likeness (QED) is 0.854. The maximum Gasteiger partial charge on any atom is 0.243 e. The highest BCUT2D eigenvalue weighted by Crippen LogP contribution is 2.37. The summed E-state index contributed by atoms with van der Waals surface area (Å²) in [6.07, 6.45) is 1.33. The summed E-state index contributed by atoms with van der Waals surface area (Å²) in [6.45, 7) is 5.32. The van der Waals surface area contributed by atoms with Crippen LogP contribution in [0.15, 0.2) is 18.2 Å². The van der Waals surface area contributed by atoms with Crippen LogP contribution >= 0.6 is 0 Å². The van der Waals surface area contributed by atoms with Crippen LogP contribution in [0.4, 0.5) is 5.95 Å². The minimum atomic E-state index is 0.744. The van der Waals surface area contributed by atoms with Crippen molar-refractivity contribution in [2.75, 3.05) is 11.9 Å². The molecule has 2 atom stereocenters. The molecular weight excluding hydrogens is 200 g/mol. The lowest BCUT2D eigenvalue weighted by molar-refractivity contribution is 0.779. The van der Waals surface area contributed by atoms with Crippen molar-refractivity contribution < 1.29 is 0 Å². The van der Waals surface area contributed by atoms with Gasteiger partial charge in [-0.25, -0.2) is 4.52 Å². The first kappa shape index (κ1) is 9.63. The zero-order valence-corrected chi connectivity index (χ0v) is 9.64. The Morgan fingerprint density at radius 3 is 3.00 bits per heavy atom. The fraction of sp³-hybridized carbons (Fsp3) is 0.500.